The number of anilines is 1. The van der Waals surface area contributed by atoms with Crippen LogP contribution in [-0.2, 0) is 0 Å². The summed E-state index contributed by atoms with van der Waals surface area (Å²) in [5, 5.41) is 0. The van der Waals surface area contributed by atoms with Crippen LogP contribution in [0.3, 0.4) is 0 Å². The van der Waals surface area contributed by atoms with Crippen LogP contribution in [0, 0.1) is 11.6 Å². The summed E-state index contributed by atoms with van der Waals surface area (Å²) in [7, 11) is 0. The zero-order valence-electron chi connectivity index (χ0n) is 8.13. The van der Waals surface area contributed by atoms with E-state index in [2.05, 4.69) is 0 Å². The second-order valence-electron chi connectivity index (χ2n) is 2.96. The van der Waals surface area contributed by atoms with Gasteiger partial charge in [-0.2, -0.15) is 0 Å². The lowest BCUT2D eigenvalue weighted by Gasteiger charge is -2.22. The van der Waals surface area contributed by atoms with Crippen molar-refractivity contribution in [3.8, 4) is 0 Å². The first-order valence-electron chi connectivity index (χ1n) is 4.59. The van der Waals surface area contributed by atoms with E-state index >= 15 is 0 Å². The average Bonchev–Trinajstić information content (AvgIpc) is 2.15. The van der Waals surface area contributed by atoms with Gasteiger partial charge >= 0.3 is 0 Å². The van der Waals surface area contributed by atoms with Crippen molar-refractivity contribution in [1.82, 2.24) is 0 Å². The Kier molecular flexibility index (Phi) is 3.83. The lowest BCUT2D eigenvalue weighted by Crippen LogP contribution is -2.29. The molecule has 2 N–H and O–H groups in total. The number of hydrogen-bond acceptors (Lipinski definition) is 2. The highest BCUT2D eigenvalue weighted by Gasteiger charge is 2.09. The summed E-state index contributed by atoms with van der Waals surface area (Å²) < 4.78 is 25.9. The molecule has 4 heteroatoms. The molecule has 0 aliphatic heterocycles. The molecule has 14 heavy (non-hydrogen) atoms. The fourth-order valence-corrected chi connectivity index (χ4v) is 1.34. The molecule has 0 saturated heterocycles. The van der Waals surface area contributed by atoms with Gasteiger partial charge in [0.2, 0.25) is 0 Å². The molecule has 2 nitrogen and oxygen atoms in total. The molecule has 0 bridgehead atoms. The number of nitrogens with zero attached hydrogens (tertiary/aromatic N) is 1. The molecule has 0 unspecified atom stereocenters. The van der Waals surface area contributed by atoms with Crippen LogP contribution in [0.15, 0.2) is 18.2 Å². The van der Waals surface area contributed by atoms with Crippen LogP contribution in [0.2, 0.25) is 0 Å². The van der Waals surface area contributed by atoms with Gasteiger partial charge in [-0.15, -0.1) is 0 Å². The van der Waals surface area contributed by atoms with E-state index in [0.29, 0.717) is 25.3 Å². The normalized spacial score (nSPS) is 10.3. The third-order valence-electron chi connectivity index (χ3n) is 2.03. The van der Waals surface area contributed by atoms with Crippen molar-refractivity contribution in [1.29, 1.82) is 0 Å². The van der Waals surface area contributed by atoms with E-state index < -0.39 is 11.6 Å². The van der Waals surface area contributed by atoms with Crippen molar-refractivity contribution >= 4 is 5.69 Å². The summed E-state index contributed by atoms with van der Waals surface area (Å²) in [6, 6.07) is 3.57. The van der Waals surface area contributed by atoms with Crippen LogP contribution < -0.4 is 10.6 Å². The first-order valence-corrected chi connectivity index (χ1v) is 4.59. The standard InChI is InChI=1S/C10H14F2N2/c1-2-14(6-5-13)10-4-3-8(11)7-9(10)12/h3-4,7H,2,5-6,13H2,1H3. The van der Waals surface area contributed by atoms with E-state index in [-0.39, 0.29) is 0 Å². The van der Waals surface area contributed by atoms with Crippen LogP contribution in [0.5, 0.6) is 0 Å². The van der Waals surface area contributed by atoms with Crippen molar-refractivity contribution in [2.24, 2.45) is 5.73 Å². The van der Waals surface area contributed by atoms with Crippen molar-refractivity contribution < 1.29 is 8.78 Å². The van der Waals surface area contributed by atoms with Crippen LogP contribution in [-0.4, -0.2) is 19.6 Å². The molecule has 0 atom stereocenters. The summed E-state index contributed by atoms with van der Waals surface area (Å²) in [4.78, 5) is 1.77. The number of likely N-dealkylation sites (N-methyl/N-ethyl adjacent to an activating group) is 1. The largest absolute Gasteiger partial charge is 0.368 e. The Morgan fingerprint density at radius 1 is 1.36 bits per heavy atom. The van der Waals surface area contributed by atoms with Gasteiger partial charge in [0, 0.05) is 25.7 Å². The van der Waals surface area contributed by atoms with Crippen LogP contribution in [0.4, 0.5) is 14.5 Å². The van der Waals surface area contributed by atoms with Crippen molar-refractivity contribution in [3.05, 3.63) is 29.8 Å². The zero-order chi connectivity index (χ0) is 10.6. The van der Waals surface area contributed by atoms with E-state index in [0.717, 1.165) is 6.07 Å². The number of benzene rings is 1. The minimum atomic E-state index is -0.560. The molecular formula is C10H14F2N2. The van der Waals surface area contributed by atoms with E-state index in [1.54, 1.807) is 4.90 Å². The minimum Gasteiger partial charge on any atom is -0.368 e. The third kappa shape index (κ3) is 2.42. The molecule has 1 aromatic carbocycles. The maximum Gasteiger partial charge on any atom is 0.149 e. The predicted octanol–water partition coefficient (Wildman–Crippen LogP) is 1.75. The van der Waals surface area contributed by atoms with Gasteiger partial charge in [-0.25, -0.2) is 8.78 Å². The average molecular weight is 200 g/mol. The smallest absolute Gasteiger partial charge is 0.149 e. The van der Waals surface area contributed by atoms with Gasteiger partial charge in [0.15, 0.2) is 0 Å². The number of nitrogens with two attached hydrogens (primary N) is 1. The Bertz CT molecular complexity index is 302. The van der Waals surface area contributed by atoms with Crippen LogP contribution >= 0.6 is 0 Å². The monoisotopic (exact) mass is 200 g/mol. The topological polar surface area (TPSA) is 29.3 Å². The molecule has 0 heterocycles. The number of hydrogen-bond donors (Lipinski definition) is 1. The Labute approximate surface area is 82.3 Å². The van der Waals surface area contributed by atoms with Crippen molar-refractivity contribution in [2.45, 2.75) is 6.92 Å². The highest BCUT2D eigenvalue weighted by Crippen LogP contribution is 2.19. The molecule has 0 amide bonds. The maximum atomic E-state index is 13.3. The summed E-state index contributed by atoms with van der Waals surface area (Å²) in [6.07, 6.45) is 0. The van der Waals surface area contributed by atoms with Crippen LogP contribution in [0.25, 0.3) is 0 Å². The second kappa shape index (κ2) is 4.91. The molecule has 1 aromatic rings. The van der Waals surface area contributed by atoms with E-state index in [1.165, 1.54) is 12.1 Å². The Morgan fingerprint density at radius 3 is 2.57 bits per heavy atom. The fourth-order valence-electron chi connectivity index (χ4n) is 1.34. The molecule has 0 saturated carbocycles. The second-order valence-corrected chi connectivity index (χ2v) is 2.96. The van der Waals surface area contributed by atoms with Crippen molar-refractivity contribution in [3.63, 3.8) is 0 Å². The van der Waals surface area contributed by atoms with Gasteiger partial charge in [-0.1, -0.05) is 0 Å². The summed E-state index contributed by atoms with van der Waals surface area (Å²) in [6.45, 7) is 3.57. The predicted molar refractivity (Wildman–Crippen MR) is 53.3 cm³/mol. The molecular weight excluding hydrogens is 186 g/mol. The van der Waals surface area contributed by atoms with Gasteiger partial charge in [-0.3, -0.25) is 0 Å². The molecule has 0 radical (unpaired) electrons. The van der Waals surface area contributed by atoms with E-state index in [9.17, 15) is 8.78 Å². The molecule has 0 aromatic heterocycles. The lowest BCUT2D eigenvalue weighted by molar-refractivity contribution is 0.579. The minimum absolute atomic E-state index is 0.402. The molecule has 0 spiro atoms. The van der Waals surface area contributed by atoms with Crippen molar-refractivity contribution in [2.75, 3.05) is 24.5 Å². The summed E-state index contributed by atoms with van der Waals surface area (Å²) in [5.74, 6) is -1.10. The highest BCUT2D eigenvalue weighted by atomic mass is 19.1. The van der Waals surface area contributed by atoms with Gasteiger partial charge in [0.1, 0.15) is 11.6 Å². The van der Waals surface area contributed by atoms with Gasteiger partial charge in [-0.05, 0) is 19.1 Å². The quantitative estimate of drug-likeness (QED) is 0.802. The highest BCUT2D eigenvalue weighted by molar-refractivity contribution is 5.47. The van der Waals surface area contributed by atoms with E-state index in [1.807, 2.05) is 6.92 Å². The number of rotatable bonds is 4. The lowest BCUT2D eigenvalue weighted by atomic mass is 10.2. The van der Waals surface area contributed by atoms with Gasteiger partial charge in [0.25, 0.3) is 0 Å². The van der Waals surface area contributed by atoms with Gasteiger partial charge in [0.05, 0.1) is 5.69 Å². The Morgan fingerprint density at radius 2 is 2.07 bits per heavy atom. The molecule has 1 rings (SSSR count). The molecule has 0 aliphatic rings. The first kappa shape index (κ1) is 10.9. The van der Waals surface area contributed by atoms with Gasteiger partial charge < -0.3 is 10.6 Å². The molecule has 0 aliphatic carbocycles. The Balaban J connectivity index is 2.92. The third-order valence-corrected chi connectivity index (χ3v) is 2.03. The Hall–Kier alpha value is -1.16. The zero-order valence-corrected chi connectivity index (χ0v) is 8.13. The first-order chi connectivity index (χ1) is 6.69. The molecule has 78 valence electrons. The summed E-state index contributed by atoms with van der Waals surface area (Å²) in [5.41, 5.74) is 5.79. The molecule has 0 fully saturated rings. The fraction of sp³-hybridized carbons (Fsp3) is 0.400. The maximum absolute atomic E-state index is 13.3. The number of halogens is 2. The van der Waals surface area contributed by atoms with Crippen LogP contribution in [0.1, 0.15) is 6.92 Å². The SMILES string of the molecule is CCN(CCN)c1ccc(F)cc1F. The van der Waals surface area contributed by atoms with E-state index in [4.69, 9.17) is 5.73 Å². The summed E-state index contributed by atoms with van der Waals surface area (Å²) >= 11 is 0.